The molecule has 128 valence electrons. The molecule has 0 saturated carbocycles. The molecule has 0 spiro atoms. The van der Waals surface area contributed by atoms with Crippen molar-refractivity contribution in [1.29, 1.82) is 0 Å². The first-order valence-corrected chi connectivity index (χ1v) is 8.38. The zero-order chi connectivity index (χ0) is 18.0. The van der Waals surface area contributed by atoms with E-state index in [1.54, 1.807) is 22.6 Å². The maximum Gasteiger partial charge on any atom is 0.337 e. The number of thioether (sulfide) groups is 1. The van der Waals surface area contributed by atoms with Gasteiger partial charge in [-0.15, -0.1) is 10.2 Å². The second-order valence-corrected chi connectivity index (χ2v) is 6.29. The number of nitrogens with zero attached hydrogens (tertiary/aromatic N) is 4. The van der Waals surface area contributed by atoms with Gasteiger partial charge < -0.3 is 10.4 Å². The number of anilines is 1. The Morgan fingerprint density at radius 3 is 2.76 bits per heavy atom. The van der Waals surface area contributed by atoms with Gasteiger partial charge in [-0.05, 0) is 32.0 Å². The molecule has 2 aromatic heterocycles. The number of aromatic nitrogens is 4. The zero-order valence-electron chi connectivity index (χ0n) is 13.6. The van der Waals surface area contributed by atoms with Crippen molar-refractivity contribution >= 4 is 35.1 Å². The van der Waals surface area contributed by atoms with E-state index in [2.05, 4.69) is 20.5 Å². The van der Waals surface area contributed by atoms with Crippen LogP contribution >= 0.6 is 11.8 Å². The van der Waals surface area contributed by atoms with E-state index in [-0.39, 0.29) is 22.9 Å². The molecule has 3 rings (SSSR count). The van der Waals surface area contributed by atoms with Crippen LogP contribution in [0.2, 0.25) is 0 Å². The largest absolute Gasteiger partial charge is 0.478 e. The monoisotopic (exact) mass is 357 g/mol. The van der Waals surface area contributed by atoms with Gasteiger partial charge in [-0.1, -0.05) is 23.9 Å². The smallest absolute Gasteiger partial charge is 0.337 e. The average molecular weight is 357 g/mol. The van der Waals surface area contributed by atoms with Crippen LogP contribution in [-0.2, 0) is 4.79 Å². The van der Waals surface area contributed by atoms with E-state index in [0.29, 0.717) is 10.9 Å². The number of nitrogens with one attached hydrogen (secondary N) is 1. The molecule has 0 bridgehead atoms. The van der Waals surface area contributed by atoms with Gasteiger partial charge in [0, 0.05) is 11.4 Å². The van der Waals surface area contributed by atoms with Gasteiger partial charge in [-0.3, -0.25) is 9.20 Å². The van der Waals surface area contributed by atoms with Gasteiger partial charge in [0.2, 0.25) is 5.91 Å². The molecule has 0 aliphatic heterocycles. The zero-order valence-corrected chi connectivity index (χ0v) is 14.4. The van der Waals surface area contributed by atoms with Crippen molar-refractivity contribution in [3.8, 4) is 0 Å². The number of fused-ring (bicyclic) bond motifs is 1. The minimum absolute atomic E-state index is 0.0456. The Morgan fingerprint density at radius 2 is 2.00 bits per heavy atom. The second-order valence-electron chi connectivity index (χ2n) is 5.34. The van der Waals surface area contributed by atoms with Gasteiger partial charge >= 0.3 is 5.97 Å². The molecule has 3 aromatic rings. The fourth-order valence-corrected chi connectivity index (χ4v) is 3.17. The number of carbonyl (C=O) groups is 2. The molecule has 2 N–H and O–H groups in total. The third-order valence-corrected chi connectivity index (χ3v) is 4.36. The Labute approximate surface area is 147 Å². The van der Waals surface area contributed by atoms with Crippen molar-refractivity contribution in [2.45, 2.75) is 19.0 Å². The quantitative estimate of drug-likeness (QED) is 0.673. The lowest BCUT2D eigenvalue weighted by Gasteiger charge is -2.08. The molecule has 1 aromatic carbocycles. The van der Waals surface area contributed by atoms with E-state index in [1.165, 1.54) is 17.8 Å². The number of carboxylic acid groups (broad SMARTS) is 1. The predicted octanol–water partition coefficient (Wildman–Crippen LogP) is 2.17. The SMILES string of the molecule is Cc1cc(C)n2c(SCC(=O)Nc3ccccc3C(=O)O)nnc2n1. The summed E-state index contributed by atoms with van der Waals surface area (Å²) in [6.45, 7) is 3.79. The number of carbonyl (C=O) groups excluding carboxylic acids is 1. The highest BCUT2D eigenvalue weighted by atomic mass is 32.2. The minimum atomic E-state index is -1.09. The average Bonchev–Trinajstić information content (AvgIpc) is 2.96. The summed E-state index contributed by atoms with van der Waals surface area (Å²) < 4.78 is 1.77. The van der Waals surface area contributed by atoms with Crippen molar-refractivity contribution in [3.63, 3.8) is 0 Å². The molecule has 0 unspecified atom stereocenters. The van der Waals surface area contributed by atoms with Crippen molar-refractivity contribution in [1.82, 2.24) is 19.6 Å². The molecule has 0 aliphatic carbocycles. The first-order chi connectivity index (χ1) is 12.0. The Morgan fingerprint density at radius 1 is 1.24 bits per heavy atom. The number of aromatic carboxylic acids is 1. The van der Waals surface area contributed by atoms with E-state index >= 15 is 0 Å². The van der Waals surface area contributed by atoms with Crippen LogP contribution < -0.4 is 5.32 Å². The summed E-state index contributed by atoms with van der Waals surface area (Å²) in [6.07, 6.45) is 0. The molecule has 0 radical (unpaired) electrons. The standard InChI is InChI=1S/C16H15N5O3S/c1-9-7-10(2)21-15(17-9)19-20-16(21)25-8-13(22)18-12-6-4-3-5-11(12)14(23)24/h3-7H,8H2,1-2H3,(H,18,22)(H,23,24). The lowest BCUT2D eigenvalue weighted by Crippen LogP contribution is -2.16. The Balaban J connectivity index is 1.72. The van der Waals surface area contributed by atoms with Crippen LogP contribution in [-0.4, -0.2) is 42.3 Å². The van der Waals surface area contributed by atoms with Gasteiger partial charge in [0.05, 0.1) is 17.0 Å². The molecule has 0 fully saturated rings. The maximum atomic E-state index is 12.2. The highest BCUT2D eigenvalue weighted by Crippen LogP contribution is 2.20. The van der Waals surface area contributed by atoms with Gasteiger partial charge in [0.15, 0.2) is 5.16 Å². The summed E-state index contributed by atoms with van der Waals surface area (Å²) in [5.41, 5.74) is 2.08. The Bertz CT molecular complexity index is 970. The van der Waals surface area contributed by atoms with Crippen molar-refractivity contribution in [2.24, 2.45) is 0 Å². The molecule has 0 saturated heterocycles. The molecule has 9 heteroatoms. The summed E-state index contributed by atoms with van der Waals surface area (Å²) in [7, 11) is 0. The third-order valence-electron chi connectivity index (χ3n) is 3.43. The van der Waals surface area contributed by atoms with Crippen LogP contribution in [0.1, 0.15) is 21.7 Å². The van der Waals surface area contributed by atoms with Gasteiger partial charge in [-0.25, -0.2) is 9.78 Å². The maximum absolute atomic E-state index is 12.2. The van der Waals surface area contributed by atoms with Crippen LogP contribution in [0.5, 0.6) is 0 Å². The van der Waals surface area contributed by atoms with E-state index in [0.717, 1.165) is 11.4 Å². The van der Waals surface area contributed by atoms with Crippen molar-refractivity contribution < 1.29 is 14.7 Å². The molecule has 25 heavy (non-hydrogen) atoms. The Hall–Kier alpha value is -2.94. The molecular formula is C16H15N5O3S. The van der Waals surface area contributed by atoms with E-state index in [9.17, 15) is 9.59 Å². The topological polar surface area (TPSA) is 109 Å². The van der Waals surface area contributed by atoms with E-state index in [1.807, 2.05) is 19.9 Å². The first-order valence-electron chi connectivity index (χ1n) is 7.40. The minimum Gasteiger partial charge on any atom is -0.478 e. The molecular weight excluding hydrogens is 342 g/mol. The van der Waals surface area contributed by atoms with Crippen LogP contribution in [0.4, 0.5) is 5.69 Å². The number of hydrogen-bond donors (Lipinski definition) is 2. The lowest BCUT2D eigenvalue weighted by molar-refractivity contribution is -0.113. The van der Waals surface area contributed by atoms with Crippen molar-refractivity contribution in [3.05, 3.63) is 47.3 Å². The number of hydrogen-bond acceptors (Lipinski definition) is 6. The third kappa shape index (κ3) is 3.61. The van der Waals surface area contributed by atoms with E-state index in [4.69, 9.17) is 5.11 Å². The highest BCUT2D eigenvalue weighted by molar-refractivity contribution is 7.99. The molecule has 2 heterocycles. The Kier molecular flexibility index (Phi) is 4.66. The number of aryl methyl sites for hydroxylation is 2. The number of carboxylic acids is 1. The number of para-hydroxylation sites is 1. The van der Waals surface area contributed by atoms with Crippen LogP contribution in [0.3, 0.4) is 0 Å². The normalized spacial score (nSPS) is 10.8. The molecule has 1 amide bonds. The summed E-state index contributed by atoms with van der Waals surface area (Å²) in [5.74, 6) is -0.865. The number of rotatable bonds is 5. The fourth-order valence-electron chi connectivity index (χ4n) is 2.39. The van der Waals surface area contributed by atoms with Crippen LogP contribution in [0.25, 0.3) is 5.78 Å². The molecule has 0 atom stereocenters. The number of benzene rings is 1. The lowest BCUT2D eigenvalue weighted by atomic mass is 10.2. The van der Waals surface area contributed by atoms with Crippen LogP contribution in [0.15, 0.2) is 35.5 Å². The van der Waals surface area contributed by atoms with Crippen molar-refractivity contribution in [2.75, 3.05) is 11.1 Å². The fraction of sp³-hybridized carbons (Fsp3) is 0.188. The van der Waals surface area contributed by atoms with E-state index < -0.39 is 5.97 Å². The second kappa shape index (κ2) is 6.89. The van der Waals surface area contributed by atoms with Gasteiger partial charge in [0.1, 0.15) is 0 Å². The summed E-state index contributed by atoms with van der Waals surface area (Å²) in [5, 5.41) is 20.4. The highest BCUT2D eigenvalue weighted by Gasteiger charge is 2.14. The van der Waals surface area contributed by atoms with Gasteiger partial charge in [0.25, 0.3) is 5.78 Å². The molecule has 8 nitrogen and oxygen atoms in total. The molecule has 0 aliphatic rings. The predicted molar refractivity (Wildman–Crippen MR) is 93.0 cm³/mol. The summed E-state index contributed by atoms with van der Waals surface area (Å²) in [6, 6.07) is 8.17. The van der Waals surface area contributed by atoms with Gasteiger partial charge in [-0.2, -0.15) is 0 Å². The van der Waals surface area contributed by atoms with Crippen LogP contribution in [0, 0.1) is 13.8 Å². The summed E-state index contributed by atoms with van der Waals surface area (Å²) in [4.78, 5) is 27.6. The number of amides is 1. The summed E-state index contributed by atoms with van der Waals surface area (Å²) >= 11 is 1.21. The first kappa shape index (κ1) is 16.9.